The number of aromatic nitrogens is 5. The van der Waals surface area contributed by atoms with Crippen LogP contribution in [0.5, 0.6) is 0 Å². The van der Waals surface area contributed by atoms with Crippen LogP contribution in [0.25, 0.3) is 43.9 Å². The summed E-state index contributed by atoms with van der Waals surface area (Å²) in [6, 6.07) is 6.06. The first-order valence-electron chi connectivity index (χ1n) is 7.30. The number of fused-ring (bicyclic) bond motifs is 2. The highest BCUT2D eigenvalue weighted by molar-refractivity contribution is 9.10. The van der Waals surface area contributed by atoms with Crippen LogP contribution in [0.15, 0.2) is 52.8 Å². The second kappa shape index (κ2) is 5.25. The third-order valence-corrected chi connectivity index (χ3v) is 5.27. The molecule has 2 N–H and O–H groups in total. The summed E-state index contributed by atoms with van der Waals surface area (Å²) < 4.78 is 0.953. The molecule has 5 aromatic rings. The SMILES string of the molecule is Brc1cnc2[nH]cc(-c3csc(-c4c[nH]c5ncccc45)n3)c2c1. The molecular formula is C17H10BrN5S. The predicted molar refractivity (Wildman–Crippen MR) is 100.0 cm³/mol. The first-order chi connectivity index (χ1) is 11.8. The van der Waals surface area contributed by atoms with E-state index in [2.05, 4.69) is 53.4 Å². The molecule has 0 fully saturated rings. The van der Waals surface area contributed by atoms with E-state index in [9.17, 15) is 0 Å². The second-order valence-electron chi connectivity index (χ2n) is 5.39. The molecule has 116 valence electrons. The summed E-state index contributed by atoms with van der Waals surface area (Å²) >= 11 is 5.11. The first-order valence-corrected chi connectivity index (χ1v) is 8.98. The van der Waals surface area contributed by atoms with Crippen molar-refractivity contribution in [2.45, 2.75) is 0 Å². The number of pyridine rings is 2. The van der Waals surface area contributed by atoms with Crippen molar-refractivity contribution in [2.24, 2.45) is 0 Å². The number of nitrogens with zero attached hydrogens (tertiary/aromatic N) is 3. The maximum atomic E-state index is 4.83. The quantitative estimate of drug-likeness (QED) is 0.442. The Morgan fingerprint density at radius 1 is 1.00 bits per heavy atom. The highest BCUT2D eigenvalue weighted by atomic mass is 79.9. The molecule has 0 atom stereocenters. The van der Waals surface area contributed by atoms with E-state index in [1.165, 1.54) is 0 Å². The smallest absolute Gasteiger partial charge is 0.137 e. The lowest BCUT2D eigenvalue weighted by atomic mass is 10.2. The molecule has 0 aromatic carbocycles. The molecule has 5 nitrogen and oxygen atoms in total. The van der Waals surface area contributed by atoms with Gasteiger partial charge in [0.1, 0.15) is 16.3 Å². The highest BCUT2D eigenvalue weighted by Gasteiger charge is 2.14. The highest BCUT2D eigenvalue weighted by Crippen LogP contribution is 2.35. The number of H-pyrrole nitrogens is 2. The van der Waals surface area contributed by atoms with E-state index in [0.717, 1.165) is 48.4 Å². The number of hydrogen-bond donors (Lipinski definition) is 2. The van der Waals surface area contributed by atoms with Crippen LogP contribution in [-0.4, -0.2) is 24.9 Å². The van der Waals surface area contributed by atoms with E-state index in [0.29, 0.717) is 0 Å². The minimum absolute atomic E-state index is 0.860. The van der Waals surface area contributed by atoms with E-state index in [4.69, 9.17) is 4.98 Å². The fourth-order valence-corrected chi connectivity index (χ4v) is 4.02. The van der Waals surface area contributed by atoms with Crippen LogP contribution in [0.1, 0.15) is 0 Å². The average molecular weight is 396 g/mol. The van der Waals surface area contributed by atoms with E-state index in [1.54, 1.807) is 23.7 Å². The van der Waals surface area contributed by atoms with Gasteiger partial charge >= 0.3 is 0 Å². The van der Waals surface area contributed by atoms with Crippen molar-refractivity contribution in [3.05, 3.63) is 52.8 Å². The van der Waals surface area contributed by atoms with Gasteiger partial charge in [-0.25, -0.2) is 15.0 Å². The van der Waals surface area contributed by atoms with Crippen LogP contribution in [0.2, 0.25) is 0 Å². The van der Waals surface area contributed by atoms with Gasteiger partial charge in [-0.3, -0.25) is 0 Å². The van der Waals surface area contributed by atoms with Gasteiger partial charge < -0.3 is 9.97 Å². The first kappa shape index (κ1) is 13.9. The molecule has 0 aliphatic carbocycles. The van der Waals surface area contributed by atoms with Gasteiger partial charge in [-0.05, 0) is 34.1 Å². The molecule has 5 rings (SSSR count). The van der Waals surface area contributed by atoms with Gasteiger partial charge in [-0.1, -0.05) is 0 Å². The molecular weight excluding hydrogens is 386 g/mol. The standard InChI is InChI=1S/C17H10BrN5S/c18-9-4-11-12(6-21-16(11)20-5-9)14-8-24-17(23-14)13-7-22-15-10(13)2-1-3-19-15/h1-8H,(H,19,22)(H,20,21). The number of hydrogen-bond acceptors (Lipinski definition) is 4. The second-order valence-corrected chi connectivity index (χ2v) is 7.17. The monoisotopic (exact) mass is 395 g/mol. The van der Waals surface area contributed by atoms with Crippen LogP contribution in [-0.2, 0) is 0 Å². The Morgan fingerprint density at radius 3 is 2.75 bits per heavy atom. The van der Waals surface area contributed by atoms with Gasteiger partial charge in [0.2, 0.25) is 0 Å². The molecule has 5 aromatic heterocycles. The molecule has 0 radical (unpaired) electrons. The van der Waals surface area contributed by atoms with Crippen molar-refractivity contribution in [1.29, 1.82) is 0 Å². The van der Waals surface area contributed by atoms with Crippen molar-refractivity contribution in [3.63, 3.8) is 0 Å². The summed E-state index contributed by atoms with van der Waals surface area (Å²) in [6.45, 7) is 0. The van der Waals surface area contributed by atoms with E-state index in [-0.39, 0.29) is 0 Å². The molecule has 0 spiro atoms. The molecule has 0 aliphatic rings. The van der Waals surface area contributed by atoms with E-state index < -0.39 is 0 Å². The fraction of sp³-hybridized carbons (Fsp3) is 0. The van der Waals surface area contributed by atoms with Crippen molar-refractivity contribution >= 4 is 49.3 Å². The van der Waals surface area contributed by atoms with Crippen molar-refractivity contribution < 1.29 is 0 Å². The van der Waals surface area contributed by atoms with Gasteiger partial charge in [-0.15, -0.1) is 11.3 Å². The van der Waals surface area contributed by atoms with Crippen LogP contribution in [0.3, 0.4) is 0 Å². The molecule has 0 bridgehead atoms. The zero-order valence-corrected chi connectivity index (χ0v) is 14.6. The Bertz CT molecular complexity index is 1190. The summed E-state index contributed by atoms with van der Waals surface area (Å²) in [5, 5.41) is 5.19. The minimum atomic E-state index is 0.860. The molecule has 0 saturated heterocycles. The molecule has 0 saturated carbocycles. The minimum Gasteiger partial charge on any atom is -0.345 e. The van der Waals surface area contributed by atoms with Gasteiger partial charge in [0, 0.05) is 56.5 Å². The normalized spacial score (nSPS) is 11.5. The molecule has 24 heavy (non-hydrogen) atoms. The lowest BCUT2D eigenvalue weighted by Crippen LogP contribution is -1.79. The largest absolute Gasteiger partial charge is 0.345 e. The molecule has 0 aliphatic heterocycles. The molecule has 5 heterocycles. The average Bonchev–Trinajstić information content (AvgIpc) is 3.31. The number of rotatable bonds is 2. The van der Waals surface area contributed by atoms with Crippen LogP contribution in [0.4, 0.5) is 0 Å². The summed E-state index contributed by atoms with van der Waals surface area (Å²) in [5.41, 5.74) is 4.82. The van der Waals surface area contributed by atoms with Gasteiger partial charge in [-0.2, -0.15) is 0 Å². The van der Waals surface area contributed by atoms with Crippen LogP contribution in [0, 0.1) is 0 Å². The number of nitrogens with one attached hydrogen (secondary N) is 2. The molecule has 0 unspecified atom stereocenters. The third kappa shape index (κ3) is 2.09. The molecule has 7 heteroatoms. The van der Waals surface area contributed by atoms with Gasteiger partial charge in [0.15, 0.2) is 0 Å². The van der Waals surface area contributed by atoms with Crippen molar-refractivity contribution in [1.82, 2.24) is 24.9 Å². The Hall–Kier alpha value is -2.51. The Morgan fingerprint density at radius 2 is 1.83 bits per heavy atom. The Balaban J connectivity index is 1.65. The summed E-state index contributed by atoms with van der Waals surface area (Å²) in [6.07, 6.45) is 7.49. The molecule has 0 amide bonds. The Kier molecular flexibility index (Phi) is 3.04. The summed E-state index contributed by atoms with van der Waals surface area (Å²) in [7, 11) is 0. The van der Waals surface area contributed by atoms with Gasteiger partial charge in [0.05, 0.1) is 5.69 Å². The maximum absolute atomic E-state index is 4.83. The Labute approximate surface area is 148 Å². The van der Waals surface area contributed by atoms with Crippen molar-refractivity contribution in [3.8, 4) is 21.8 Å². The topological polar surface area (TPSA) is 70.2 Å². The van der Waals surface area contributed by atoms with Crippen LogP contribution < -0.4 is 0 Å². The predicted octanol–water partition coefficient (Wildman–Crippen LogP) is 4.99. The number of thiazole rings is 1. The maximum Gasteiger partial charge on any atom is 0.137 e. The van der Waals surface area contributed by atoms with Gasteiger partial charge in [0.25, 0.3) is 0 Å². The summed E-state index contributed by atoms with van der Waals surface area (Å²) in [4.78, 5) is 20.0. The third-order valence-electron chi connectivity index (χ3n) is 3.96. The number of halogens is 1. The van der Waals surface area contributed by atoms with E-state index >= 15 is 0 Å². The zero-order chi connectivity index (χ0) is 16.1. The lowest BCUT2D eigenvalue weighted by molar-refractivity contribution is 1.31. The number of aromatic amines is 2. The van der Waals surface area contributed by atoms with Crippen molar-refractivity contribution in [2.75, 3.05) is 0 Å². The lowest BCUT2D eigenvalue weighted by Gasteiger charge is -1.96. The summed E-state index contributed by atoms with van der Waals surface area (Å²) in [5.74, 6) is 0. The van der Waals surface area contributed by atoms with E-state index in [1.807, 2.05) is 18.5 Å². The zero-order valence-electron chi connectivity index (χ0n) is 12.2. The van der Waals surface area contributed by atoms with Crippen LogP contribution >= 0.6 is 27.3 Å². The fourth-order valence-electron chi connectivity index (χ4n) is 2.84.